The maximum atomic E-state index is 12.4. The Morgan fingerprint density at radius 1 is 1.57 bits per heavy atom. The van der Waals surface area contributed by atoms with E-state index in [0.717, 1.165) is 19.0 Å². The van der Waals surface area contributed by atoms with E-state index in [1.807, 2.05) is 0 Å². The number of hydrogen-bond acceptors (Lipinski definition) is 5. The Morgan fingerprint density at radius 2 is 2.19 bits per heavy atom. The summed E-state index contributed by atoms with van der Waals surface area (Å²) in [4.78, 5) is 27.6. The molecule has 0 radical (unpaired) electrons. The first-order valence-corrected chi connectivity index (χ1v) is 6.98. The molecule has 0 bridgehead atoms. The number of nitrogens with zero attached hydrogens (tertiary/aromatic N) is 3. The van der Waals surface area contributed by atoms with Gasteiger partial charge < -0.3 is 10.0 Å². The number of nitro groups is 1. The maximum Gasteiger partial charge on any atom is 0.300 e. The van der Waals surface area contributed by atoms with Crippen molar-refractivity contribution in [2.24, 2.45) is 0 Å². The average Bonchev–Trinajstić information content (AvgIpc) is 2.83. The van der Waals surface area contributed by atoms with E-state index >= 15 is 0 Å². The van der Waals surface area contributed by atoms with Gasteiger partial charge in [-0.25, -0.2) is 4.98 Å². The molecule has 1 aliphatic rings. The number of aromatic nitrogens is 1. The smallest absolute Gasteiger partial charge is 0.300 e. The number of carbonyl (C=O) groups excluding carboxylic acids is 1. The minimum atomic E-state index is -0.907. The summed E-state index contributed by atoms with van der Waals surface area (Å²) in [6.45, 7) is 0.142. The third-order valence-corrected chi connectivity index (χ3v) is 3.90. The van der Waals surface area contributed by atoms with Gasteiger partial charge in [0.25, 0.3) is 11.6 Å². The number of halogens is 1. The van der Waals surface area contributed by atoms with Crippen LogP contribution in [0.2, 0.25) is 5.15 Å². The second-order valence-electron chi connectivity index (χ2n) is 5.37. The largest absolute Gasteiger partial charge is 0.388 e. The third-order valence-electron chi connectivity index (χ3n) is 3.69. The number of carbonyl (C=O) groups is 1. The Hall–Kier alpha value is -1.73. The highest BCUT2D eigenvalue weighted by atomic mass is 35.5. The van der Waals surface area contributed by atoms with Crippen LogP contribution in [0.4, 0.5) is 5.69 Å². The lowest BCUT2D eigenvalue weighted by molar-refractivity contribution is -0.385. The Kier molecular flexibility index (Phi) is 4.43. The predicted octanol–water partition coefficient (Wildman–Crippen LogP) is 2.02. The van der Waals surface area contributed by atoms with Crippen LogP contribution in [0, 0.1) is 10.1 Å². The first-order chi connectivity index (χ1) is 9.82. The molecule has 1 amide bonds. The van der Waals surface area contributed by atoms with Crippen LogP contribution in [0.3, 0.4) is 0 Å². The SMILES string of the molecule is CN(CC1(O)CCCC1)C(=O)c1cc(Cl)ncc1[N+](=O)[O-]. The highest BCUT2D eigenvalue weighted by Crippen LogP contribution is 2.31. The fourth-order valence-corrected chi connectivity index (χ4v) is 2.81. The summed E-state index contributed by atoms with van der Waals surface area (Å²) in [7, 11) is 1.51. The molecular formula is C13H16ClN3O4. The molecule has 21 heavy (non-hydrogen) atoms. The highest BCUT2D eigenvalue weighted by Gasteiger charge is 2.34. The molecule has 1 aliphatic carbocycles. The molecular weight excluding hydrogens is 298 g/mol. The van der Waals surface area contributed by atoms with E-state index in [-0.39, 0.29) is 17.3 Å². The zero-order valence-electron chi connectivity index (χ0n) is 11.6. The summed E-state index contributed by atoms with van der Waals surface area (Å²) < 4.78 is 0. The zero-order chi connectivity index (χ0) is 15.6. The van der Waals surface area contributed by atoms with E-state index in [2.05, 4.69) is 4.98 Å². The van der Waals surface area contributed by atoms with Crippen LogP contribution >= 0.6 is 11.6 Å². The van der Waals surface area contributed by atoms with E-state index in [1.165, 1.54) is 18.0 Å². The van der Waals surface area contributed by atoms with Gasteiger partial charge in [-0.1, -0.05) is 24.4 Å². The van der Waals surface area contributed by atoms with Gasteiger partial charge in [-0.05, 0) is 18.9 Å². The fraction of sp³-hybridized carbons (Fsp3) is 0.538. The minimum absolute atomic E-state index is 0.0110. The topological polar surface area (TPSA) is 96.6 Å². The summed E-state index contributed by atoms with van der Waals surface area (Å²) in [5, 5.41) is 21.3. The van der Waals surface area contributed by atoms with Gasteiger partial charge in [-0.3, -0.25) is 14.9 Å². The predicted molar refractivity (Wildman–Crippen MR) is 76.3 cm³/mol. The number of likely N-dealkylation sites (N-methyl/N-ethyl adjacent to an activating group) is 1. The van der Waals surface area contributed by atoms with Crippen LogP contribution in [0.1, 0.15) is 36.0 Å². The third kappa shape index (κ3) is 3.48. The van der Waals surface area contributed by atoms with E-state index in [9.17, 15) is 20.0 Å². The molecule has 1 saturated carbocycles. The molecule has 8 heteroatoms. The fourth-order valence-electron chi connectivity index (χ4n) is 2.65. The van der Waals surface area contributed by atoms with Crippen LogP contribution in [0.5, 0.6) is 0 Å². The Labute approximate surface area is 126 Å². The standard InChI is InChI=1S/C13H16ClN3O4/c1-16(8-13(19)4-2-3-5-13)12(18)9-6-11(14)15-7-10(9)17(20)21/h6-7,19H,2-5,8H2,1H3. The number of aliphatic hydroxyl groups is 1. The Balaban J connectivity index is 2.22. The van der Waals surface area contributed by atoms with Crippen molar-refractivity contribution >= 4 is 23.2 Å². The molecule has 1 heterocycles. The Morgan fingerprint density at radius 3 is 2.76 bits per heavy atom. The lowest BCUT2D eigenvalue weighted by atomic mass is 10.0. The van der Waals surface area contributed by atoms with Crippen molar-refractivity contribution in [1.29, 1.82) is 0 Å². The van der Waals surface area contributed by atoms with Crippen molar-refractivity contribution in [2.75, 3.05) is 13.6 Å². The molecule has 1 aromatic heterocycles. The number of rotatable bonds is 4. The van der Waals surface area contributed by atoms with E-state index < -0.39 is 22.1 Å². The Bertz CT molecular complexity index is 573. The van der Waals surface area contributed by atoms with Crippen LogP contribution in [-0.4, -0.2) is 45.0 Å². The van der Waals surface area contributed by atoms with Gasteiger partial charge in [-0.2, -0.15) is 0 Å². The number of hydrogen-bond donors (Lipinski definition) is 1. The minimum Gasteiger partial charge on any atom is -0.388 e. The van der Waals surface area contributed by atoms with Crippen molar-refractivity contribution in [1.82, 2.24) is 9.88 Å². The van der Waals surface area contributed by atoms with Crippen molar-refractivity contribution in [3.63, 3.8) is 0 Å². The van der Waals surface area contributed by atoms with Gasteiger partial charge in [0.1, 0.15) is 16.9 Å². The second-order valence-corrected chi connectivity index (χ2v) is 5.76. The average molecular weight is 314 g/mol. The van der Waals surface area contributed by atoms with Crippen molar-refractivity contribution in [3.8, 4) is 0 Å². The summed E-state index contributed by atoms with van der Waals surface area (Å²) in [5.41, 5.74) is -1.42. The molecule has 1 N–H and O–H groups in total. The summed E-state index contributed by atoms with van der Waals surface area (Å²) in [6, 6.07) is 1.18. The molecule has 2 rings (SSSR count). The van der Waals surface area contributed by atoms with Crippen LogP contribution in [0.25, 0.3) is 0 Å². The van der Waals surface area contributed by atoms with Crippen LogP contribution in [0.15, 0.2) is 12.3 Å². The van der Waals surface area contributed by atoms with E-state index in [0.29, 0.717) is 12.8 Å². The van der Waals surface area contributed by atoms with Gasteiger partial charge in [0.15, 0.2) is 0 Å². The van der Waals surface area contributed by atoms with Crippen LogP contribution in [-0.2, 0) is 0 Å². The maximum absolute atomic E-state index is 12.4. The summed E-state index contributed by atoms with van der Waals surface area (Å²) in [5.74, 6) is -0.550. The normalized spacial score (nSPS) is 16.7. The molecule has 0 unspecified atom stereocenters. The molecule has 0 aliphatic heterocycles. The molecule has 1 aromatic rings. The van der Waals surface area contributed by atoms with Gasteiger partial charge in [0.05, 0.1) is 10.5 Å². The molecule has 0 atom stereocenters. The van der Waals surface area contributed by atoms with Crippen molar-refractivity contribution in [3.05, 3.63) is 33.1 Å². The van der Waals surface area contributed by atoms with Crippen molar-refractivity contribution < 1.29 is 14.8 Å². The molecule has 114 valence electrons. The monoisotopic (exact) mass is 313 g/mol. The molecule has 0 saturated heterocycles. The van der Waals surface area contributed by atoms with Gasteiger partial charge >= 0.3 is 0 Å². The van der Waals surface area contributed by atoms with E-state index in [4.69, 9.17) is 11.6 Å². The van der Waals surface area contributed by atoms with Crippen LogP contribution < -0.4 is 0 Å². The summed E-state index contributed by atoms with van der Waals surface area (Å²) >= 11 is 5.71. The molecule has 0 spiro atoms. The van der Waals surface area contributed by atoms with E-state index in [1.54, 1.807) is 0 Å². The van der Waals surface area contributed by atoms with Gasteiger partial charge in [0, 0.05) is 13.6 Å². The quantitative estimate of drug-likeness (QED) is 0.521. The molecule has 7 nitrogen and oxygen atoms in total. The summed E-state index contributed by atoms with van der Waals surface area (Å²) in [6.07, 6.45) is 4.06. The van der Waals surface area contributed by atoms with Gasteiger partial charge in [-0.15, -0.1) is 0 Å². The zero-order valence-corrected chi connectivity index (χ0v) is 12.3. The molecule has 1 fully saturated rings. The molecule has 0 aromatic carbocycles. The first-order valence-electron chi connectivity index (χ1n) is 6.60. The van der Waals surface area contributed by atoms with Gasteiger partial charge in [0.2, 0.25) is 0 Å². The number of amides is 1. The lowest BCUT2D eigenvalue weighted by Gasteiger charge is -2.28. The lowest BCUT2D eigenvalue weighted by Crippen LogP contribution is -2.42. The highest BCUT2D eigenvalue weighted by molar-refractivity contribution is 6.29. The second kappa shape index (κ2) is 5.95. The first kappa shape index (κ1) is 15.7. The van der Waals surface area contributed by atoms with Crippen molar-refractivity contribution in [2.45, 2.75) is 31.3 Å². The number of pyridine rings is 1.